The van der Waals surface area contributed by atoms with E-state index in [0.717, 1.165) is 17.5 Å². The number of benzene rings is 1. The summed E-state index contributed by atoms with van der Waals surface area (Å²) in [7, 11) is 1.70. The molecule has 1 aliphatic carbocycles. The summed E-state index contributed by atoms with van der Waals surface area (Å²) in [6.07, 6.45) is -1.44. The van der Waals surface area contributed by atoms with Crippen molar-refractivity contribution in [2.45, 2.75) is 31.5 Å². The first kappa shape index (κ1) is 22.1. The number of carbonyl (C=O) groups excluding carboxylic acids is 2. The van der Waals surface area contributed by atoms with Gasteiger partial charge in [-0.25, -0.2) is 0 Å². The van der Waals surface area contributed by atoms with E-state index in [9.17, 15) is 22.8 Å². The molecule has 2 heterocycles. The zero-order valence-electron chi connectivity index (χ0n) is 16.8. The van der Waals surface area contributed by atoms with Crippen molar-refractivity contribution in [2.24, 2.45) is 7.05 Å². The van der Waals surface area contributed by atoms with Crippen molar-refractivity contribution >= 4 is 39.1 Å². The molecule has 168 valence electrons. The Morgan fingerprint density at radius 3 is 2.25 bits per heavy atom. The number of aromatic nitrogens is 4. The fraction of sp³-hybridized carbons (Fsp3) is 0.300. The highest BCUT2D eigenvalue weighted by atomic mass is 79.9. The lowest BCUT2D eigenvalue weighted by atomic mass is 10.2. The van der Waals surface area contributed by atoms with Gasteiger partial charge in [0.2, 0.25) is 5.91 Å². The Morgan fingerprint density at radius 2 is 1.72 bits per heavy atom. The first-order valence-corrected chi connectivity index (χ1v) is 10.5. The zero-order valence-corrected chi connectivity index (χ0v) is 18.4. The van der Waals surface area contributed by atoms with E-state index in [-0.39, 0.29) is 28.5 Å². The van der Waals surface area contributed by atoms with Gasteiger partial charge in [-0.3, -0.25) is 19.0 Å². The van der Waals surface area contributed by atoms with Crippen LogP contribution in [0.4, 0.5) is 24.5 Å². The molecule has 0 saturated heterocycles. The molecular formula is C20H18BrF3N6O2. The number of carbonyl (C=O) groups is 2. The number of nitrogens with one attached hydrogen (secondary N) is 2. The molecule has 0 aliphatic heterocycles. The minimum Gasteiger partial charge on any atom is -0.324 e. The number of hydrogen-bond donors (Lipinski definition) is 2. The van der Waals surface area contributed by atoms with E-state index in [1.54, 1.807) is 43.6 Å². The molecule has 0 bridgehead atoms. The van der Waals surface area contributed by atoms with Crippen molar-refractivity contribution in [3.05, 3.63) is 58.1 Å². The molecule has 12 heteroatoms. The second-order valence-electron chi connectivity index (χ2n) is 7.43. The minimum atomic E-state index is -4.61. The summed E-state index contributed by atoms with van der Waals surface area (Å²) in [5, 5.41) is 13.0. The van der Waals surface area contributed by atoms with Gasteiger partial charge in [-0.2, -0.15) is 23.4 Å². The van der Waals surface area contributed by atoms with E-state index in [2.05, 4.69) is 36.8 Å². The van der Waals surface area contributed by atoms with Crippen molar-refractivity contribution < 1.29 is 22.8 Å². The third kappa shape index (κ3) is 4.85. The van der Waals surface area contributed by atoms with Gasteiger partial charge in [0, 0.05) is 30.5 Å². The highest BCUT2D eigenvalue weighted by Crippen LogP contribution is 2.46. The van der Waals surface area contributed by atoms with Crippen LogP contribution >= 0.6 is 15.9 Å². The van der Waals surface area contributed by atoms with Gasteiger partial charge >= 0.3 is 6.18 Å². The first-order chi connectivity index (χ1) is 15.1. The Kier molecular flexibility index (Phi) is 5.80. The predicted molar refractivity (Wildman–Crippen MR) is 113 cm³/mol. The van der Waals surface area contributed by atoms with E-state index in [1.165, 1.54) is 4.68 Å². The molecule has 2 N–H and O–H groups in total. The molecule has 1 saturated carbocycles. The standard InChI is InChI=1S/C20H18BrF3N6O2/c1-29-9-8-14(27-29)19(32)26-13-6-4-12(5-7-13)25-15(31)10-30-17(11-2-3-11)16(21)18(28-30)20(22,23)24/h4-9,11H,2-3,10H2,1H3,(H,25,31)(H,26,32). The molecular weight excluding hydrogens is 493 g/mol. The van der Waals surface area contributed by atoms with Crippen molar-refractivity contribution in [3.63, 3.8) is 0 Å². The summed E-state index contributed by atoms with van der Waals surface area (Å²) in [4.78, 5) is 24.6. The van der Waals surface area contributed by atoms with Gasteiger partial charge in [0.05, 0.1) is 10.2 Å². The Morgan fingerprint density at radius 1 is 1.09 bits per heavy atom. The number of halogens is 4. The van der Waals surface area contributed by atoms with Crippen LogP contribution < -0.4 is 10.6 Å². The van der Waals surface area contributed by atoms with Crippen molar-refractivity contribution in [1.82, 2.24) is 19.6 Å². The number of hydrogen-bond acceptors (Lipinski definition) is 4. The third-order valence-corrected chi connectivity index (χ3v) is 5.61. The Hall–Kier alpha value is -3.15. The van der Waals surface area contributed by atoms with Gasteiger partial charge in [-0.1, -0.05) is 0 Å². The maximum absolute atomic E-state index is 13.2. The number of rotatable bonds is 6. The molecule has 2 aromatic heterocycles. The van der Waals surface area contributed by atoms with E-state index < -0.39 is 17.8 Å². The molecule has 0 atom stereocenters. The molecule has 2 amide bonds. The maximum Gasteiger partial charge on any atom is 0.436 e. The van der Waals surface area contributed by atoms with Crippen LogP contribution in [0.15, 0.2) is 41.0 Å². The number of aryl methyl sites for hydroxylation is 1. The fourth-order valence-electron chi connectivity index (χ4n) is 3.21. The smallest absolute Gasteiger partial charge is 0.324 e. The lowest BCUT2D eigenvalue weighted by Gasteiger charge is -2.09. The normalized spacial score (nSPS) is 13.8. The molecule has 0 spiro atoms. The molecule has 1 aliphatic rings. The summed E-state index contributed by atoms with van der Waals surface area (Å²) in [6, 6.07) is 7.93. The Balaban J connectivity index is 1.41. The van der Waals surface area contributed by atoms with Crippen molar-refractivity contribution in [2.75, 3.05) is 10.6 Å². The van der Waals surface area contributed by atoms with Crippen LogP contribution in [0.2, 0.25) is 0 Å². The summed E-state index contributed by atoms with van der Waals surface area (Å²) in [5.74, 6) is -0.927. The quantitative estimate of drug-likeness (QED) is 0.520. The predicted octanol–water partition coefficient (Wildman–Crippen LogP) is 4.17. The van der Waals surface area contributed by atoms with Gasteiger partial charge in [-0.15, -0.1) is 0 Å². The second-order valence-corrected chi connectivity index (χ2v) is 8.22. The lowest BCUT2D eigenvalue weighted by Crippen LogP contribution is -2.21. The Bertz CT molecular complexity index is 1170. The van der Waals surface area contributed by atoms with Crippen LogP contribution in [0.5, 0.6) is 0 Å². The molecule has 1 fully saturated rings. The molecule has 3 aromatic rings. The van der Waals surface area contributed by atoms with Crippen molar-refractivity contribution in [1.29, 1.82) is 0 Å². The monoisotopic (exact) mass is 510 g/mol. The zero-order chi connectivity index (χ0) is 23.0. The average molecular weight is 511 g/mol. The highest BCUT2D eigenvalue weighted by Gasteiger charge is 2.41. The topological polar surface area (TPSA) is 93.8 Å². The van der Waals surface area contributed by atoms with Gasteiger partial charge in [-0.05, 0) is 59.1 Å². The molecule has 8 nitrogen and oxygen atoms in total. The molecule has 0 unspecified atom stereocenters. The number of anilines is 2. The molecule has 4 rings (SSSR count). The maximum atomic E-state index is 13.2. The van der Waals surface area contributed by atoms with E-state index in [1.807, 2.05) is 0 Å². The second kappa shape index (κ2) is 8.41. The third-order valence-electron chi connectivity index (χ3n) is 4.83. The molecule has 1 aromatic carbocycles. The van der Waals surface area contributed by atoms with Crippen LogP contribution in [0.1, 0.15) is 40.6 Å². The summed E-state index contributed by atoms with van der Waals surface area (Å²) < 4.78 is 42.1. The largest absolute Gasteiger partial charge is 0.436 e. The van der Waals surface area contributed by atoms with Crippen molar-refractivity contribution in [3.8, 4) is 0 Å². The minimum absolute atomic E-state index is 0.0391. The first-order valence-electron chi connectivity index (χ1n) is 9.66. The fourth-order valence-corrected chi connectivity index (χ4v) is 4.04. The van der Waals surface area contributed by atoms with Crippen LogP contribution in [0.3, 0.4) is 0 Å². The molecule has 32 heavy (non-hydrogen) atoms. The van der Waals surface area contributed by atoms with Gasteiger partial charge in [0.1, 0.15) is 6.54 Å². The summed E-state index contributed by atoms with van der Waals surface area (Å²) >= 11 is 3.01. The van der Waals surface area contributed by atoms with Crippen LogP contribution in [-0.2, 0) is 24.6 Å². The van der Waals surface area contributed by atoms with Gasteiger partial charge < -0.3 is 10.6 Å². The summed E-state index contributed by atoms with van der Waals surface area (Å²) in [5.41, 5.74) is 0.557. The number of alkyl halides is 3. The number of amides is 2. The SMILES string of the molecule is Cn1ccc(C(=O)Nc2ccc(NC(=O)Cn3nc(C(F)(F)F)c(Br)c3C3CC3)cc2)n1. The van der Waals surface area contributed by atoms with E-state index in [4.69, 9.17) is 0 Å². The van der Waals surface area contributed by atoms with Gasteiger partial charge in [0.15, 0.2) is 11.4 Å². The Labute approximate surface area is 188 Å². The van der Waals surface area contributed by atoms with E-state index >= 15 is 0 Å². The highest BCUT2D eigenvalue weighted by molar-refractivity contribution is 9.10. The number of nitrogens with zero attached hydrogens (tertiary/aromatic N) is 4. The lowest BCUT2D eigenvalue weighted by molar-refractivity contribution is -0.142. The van der Waals surface area contributed by atoms with Crippen LogP contribution in [0, 0.1) is 0 Å². The summed E-state index contributed by atoms with van der Waals surface area (Å²) in [6.45, 7) is -0.349. The van der Waals surface area contributed by atoms with Crippen LogP contribution in [0.25, 0.3) is 0 Å². The van der Waals surface area contributed by atoms with Gasteiger partial charge in [0.25, 0.3) is 5.91 Å². The van der Waals surface area contributed by atoms with Crippen LogP contribution in [-0.4, -0.2) is 31.4 Å². The van der Waals surface area contributed by atoms with E-state index in [0.29, 0.717) is 17.1 Å². The molecule has 0 radical (unpaired) electrons. The average Bonchev–Trinajstić information content (AvgIpc) is 3.35.